The molecule has 0 atom stereocenters. The Kier molecular flexibility index (Phi) is 6.07. The molecule has 0 amide bonds. The standard InChI is InChI=1S/C32H24N16.Co/c33-17-1-9-10(2-18(17)34)26-41-25(9)45-27-11-3-19(35)20(36)4-12(11)29(42-27)47-31-15-7-23(39)24(40)8-16(15)32(44-31)48-30-14-6-22(38)21(37)5-13(14)28(43-30)46-26;/h1-8H,33-40H2;/q-2;+2. The quantitative estimate of drug-likeness (QED) is 0.106. The second kappa shape index (κ2) is 10.1. The van der Waals surface area contributed by atoms with E-state index in [9.17, 15) is 0 Å². The third-order valence-corrected chi connectivity index (χ3v) is 8.51. The molecule has 2 aliphatic heterocycles. The van der Waals surface area contributed by atoms with Crippen molar-refractivity contribution in [2.45, 2.75) is 0 Å². The molecule has 7 aromatic rings. The molecule has 9 rings (SSSR count). The number of benzene rings is 4. The topological polar surface area (TPSA) is 314 Å². The minimum atomic E-state index is 0. The number of nitrogens with zero attached hydrogens (tertiary/aromatic N) is 8. The van der Waals surface area contributed by atoms with Gasteiger partial charge in [-0.2, -0.15) is 0 Å². The number of aromatic nitrogens is 8. The smallest absolute Gasteiger partial charge is 0.397 e. The summed E-state index contributed by atoms with van der Waals surface area (Å²) < 4.78 is 0. The van der Waals surface area contributed by atoms with Crippen LogP contribution in [0.25, 0.3) is 89.7 Å². The second-order valence-corrected chi connectivity index (χ2v) is 11.6. The Hall–Kier alpha value is -6.85. The Morgan fingerprint density at radius 3 is 0.735 bits per heavy atom. The zero-order valence-electron chi connectivity index (χ0n) is 25.1. The number of nitrogen functional groups attached to an aromatic ring is 8. The zero-order chi connectivity index (χ0) is 33.2. The first kappa shape index (κ1) is 29.5. The number of nitrogens with two attached hydrogens (primary N) is 8. The summed E-state index contributed by atoms with van der Waals surface area (Å²) >= 11 is 0. The molecule has 0 fully saturated rings. The molecule has 49 heavy (non-hydrogen) atoms. The molecule has 0 spiro atoms. The molecule has 0 unspecified atom stereocenters. The number of hydrogen-bond donors (Lipinski definition) is 8. The van der Waals surface area contributed by atoms with Gasteiger partial charge in [0.05, 0.1) is 68.8 Å². The summed E-state index contributed by atoms with van der Waals surface area (Å²) in [5, 5.41) is 2.36. The van der Waals surface area contributed by atoms with E-state index in [0.717, 1.165) is 0 Å². The molecule has 8 bridgehead atoms. The molecule has 16 nitrogen and oxygen atoms in total. The molecule has 3 aromatic heterocycles. The number of hydrogen-bond acceptors (Lipinski definition) is 14. The second-order valence-electron chi connectivity index (χ2n) is 11.6. The van der Waals surface area contributed by atoms with E-state index in [1.165, 1.54) is 0 Å². The summed E-state index contributed by atoms with van der Waals surface area (Å²) in [6.07, 6.45) is 0. The predicted molar refractivity (Wildman–Crippen MR) is 189 cm³/mol. The van der Waals surface area contributed by atoms with Crippen LogP contribution in [0.15, 0.2) is 48.5 Å². The fourth-order valence-electron chi connectivity index (χ4n) is 5.98. The first-order valence-corrected chi connectivity index (χ1v) is 14.5. The van der Waals surface area contributed by atoms with E-state index in [1.807, 2.05) is 0 Å². The Morgan fingerprint density at radius 1 is 0.306 bits per heavy atom. The number of anilines is 8. The van der Waals surface area contributed by atoms with Gasteiger partial charge >= 0.3 is 16.8 Å². The van der Waals surface area contributed by atoms with Gasteiger partial charge in [-0.05, 0) is 70.1 Å². The van der Waals surface area contributed by atoms with E-state index >= 15 is 0 Å². The van der Waals surface area contributed by atoms with E-state index in [1.54, 1.807) is 48.5 Å². The summed E-state index contributed by atoms with van der Waals surface area (Å²) in [6, 6.07) is 13.6. The molecular formula is C32H24CoN16. The van der Waals surface area contributed by atoms with Gasteiger partial charge in [0, 0.05) is 44.8 Å². The third-order valence-electron chi connectivity index (χ3n) is 8.51. The van der Waals surface area contributed by atoms with Gasteiger partial charge in [0.1, 0.15) is 0 Å². The van der Waals surface area contributed by atoms with Crippen molar-refractivity contribution in [1.82, 2.24) is 39.9 Å². The molecule has 5 heterocycles. The van der Waals surface area contributed by atoms with Crippen molar-refractivity contribution in [1.29, 1.82) is 0 Å². The minimum Gasteiger partial charge on any atom is -0.397 e. The van der Waals surface area contributed by atoms with Crippen LogP contribution in [0.5, 0.6) is 0 Å². The van der Waals surface area contributed by atoms with Crippen LogP contribution in [0.2, 0.25) is 0 Å². The summed E-state index contributed by atoms with van der Waals surface area (Å²) in [7, 11) is 0. The molecular weight excluding hydrogens is 667 g/mol. The molecule has 16 N–H and O–H groups in total. The van der Waals surface area contributed by atoms with Gasteiger partial charge in [-0.3, -0.25) is 0 Å². The van der Waals surface area contributed by atoms with Crippen molar-refractivity contribution in [2.24, 2.45) is 0 Å². The summed E-state index contributed by atoms with van der Waals surface area (Å²) in [5.41, 5.74) is 56.2. The van der Waals surface area contributed by atoms with Crippen molar-refractivity contribution in [3.63, 3.8) is 0 Å². The van der Waals surface area contributed by atoms with Crippen LogP contribution >= 0.6 is 0 Å². The summed E-state index contributed by atoms with van der Waals surface area (Å²) in [5.74, 6) is 1.15. The Morgan fingerprint density at radius 2 is 0.510 bits per heavy atom. The average Bonchev–Trinajstić information content (AvgIpc) is 3.74. The van der Waals surface area contributed by atoms with Gasteiger partial charge in [-0.1, -0.05) is 0 Å². The van der Waals surface area contributed by atoms with Crippen LogP contribution in [-0.4, -0.2) is 29.9 Å². The zero-order valence-corrected chi connectivity index (χ0v) is 26.2. The molecule has 241 valence electrons. The van der Waals surface area contributed by atoms with Crippen LogP contribution in [0, 0.1) is 0 Å². The van der Waals surface area contributed by atoms with Gasteiger partial charge in [-0.25, -0.2) is 9.97 Å². The van der Waals surface area contributed by atoms with Crippen LogP contribution in [-0.2, 0) is 16.8 Å². The van der Waals surface area contributed by atoms with Crippen LogP contribution in [0.4, 0.5) is 45.5 Å². The van der Waals surface area contributed by atoms with E-state index in [2.05, 4.69) is 0 Å². The SMILES string of the molecule is Nc1cc2c(cc1N)-c1nc-2nc2[n-]c(nc3nc(nc4[n-]c(n1)c1cc(N)c(N)cc41)-c1cc(N)c(N)cc1-3)c1cc(N)c(N)cc21.[Co+2]. The normalized spacial score (nSPS) is 11.8. The van der Waals surface area contributed by atoms with Gasteiger partial charge in [0.15, 0.2) is 0 Å². The number of fused-ring (bicyclic) bond motifs is 20. The van der Waals surface area contributed by atoms with E-state index < -0.39 is 0 Å². The largest absolute Gasteiger partial charge is 2.00 e. The summed E-state index contributed by atoms with van der Waals surface area (Å²) in [4.78, 5) is 38.7. The van der Waals surface area contributed by atoms with E-state index in [4.69, 9.17) is 85.7 Å². The van der Waals surface area contributed by atoms with Crippen molar-refractivity contribution in [3.8, 4) is 45.6 Å². The van der Waals surface area contributed by atoms with Gasteiger partial charge in [0.25, 0.3) is 0 Å². The molecule has 2 aliphatic rings. The maximum absolute atomic E-state index is 6.24. The van der Waals surface area contributed by atoms with Gasteiger partial charge in [0.2, 0.25) is 0 Å². The van der Waals surface area contributed by atoms with Crippen molar-refractivity contribution in [3.05, 3.63) is 48.5 Å². The van der Waals surface area contributed by atoms with Gasteiger partial charge in [-0.15, -0.1) is 0 Å². The molecule has 17 heteroatoms. The molecule has 0 saturated carbocycles. The third kappa shape index (κ3) is 4.30. The summed E-state index contributed by atoms with van der Waals surface area (Å²) in [6.45, 7) is 0. The van der Waals surface area contributed by atoms with Crippen LogP contribution in [0.1, 0.15) is 0 Å². The van der Waals surface area contributed by atoms with E-state index in [-0.39, 0.29) is 62.7 Å². The predicted octanol–water partition coefficient (Wildman–Crippen LogP) is 2.78. The fourth-order valence-corrected chi connectivity index (χ4v) is 5.98. The van der Waals surface area contributed by atoms with Crippen LogP contribution in [0.3, 0.4) is 0 Å². The maximum Gasteiger partial charge on any atom is 2.00 e. The minimum absolute atomic E-state index is 0. The molecule has 0 aliphatic carbocycles. The Labute approximate surface area is 285 Å². The van der Waals surface area contributed by atoms with E-state index in [0.29, 0.717) is 89.3 Å². The van der Waals surface area contributed by atoms with Gasteiger partial charge < -0.3 is 75.8 Å². The molecule has 4 aromatic carbocycles. The maximum atomic E-state index is 6.24. The van der Waals surface area contributed by atoms with Crippen molar-refractivity contribution < 1.29 is 16.8 Å². The first-order valence-electron chi connectivity index (χ1n) is 14.5. The monoisotopic (exact) mass is 691 g/mol. The first-order chi connectivity index (χ1) is 23.0. The number of rotatable bonds is 0. The van der Waals surface area contributed by atoms with Crippen LogP contribution < -0.4 is 55.8 Å². The Balaban J connectivity index is 0.00000348. The fraction of sp³-hybridized carbons (Fsp3) is 0. The average molecular weight is 692 g/mol. The Bertz CT molecular complexity index is 2420. The van der Waals surface area contributed by atoms with Crippen molar-refractivity contribution >= 4 is 89.6 Å². The molecule has 1 radical (unpaired) electrons. The van der Waals surface area contributed by atoms with Crippen molar-refractivity contribution in [2.75, 3.05) is 45.9 Å². The molecule has 0 saturated heterocycles.